The second-order valence-corrected chi connectivity index (χ2v) is 7.78. The van der Waals surface area contributed by atoms with Gasteiger partial charge in [-0.1, -0.05) is 48.5 Å². The number of hydrogen-bond acceptors (Lipinski definition) is 5. The van der Waals surface area contributed by atoms with Gasteiger partial charge in [0.2, 0.25) is 11.7 Å². The monoisotopic (exact) mass is 422 g/mol. The van der Waals surface area contributed by atoms with Gasteiger partial charge in [-0.05, 0) is 24.1 Å². The van der Waals surface area contributed by atoms with Gasteiger partial charge in [0.15, 0.2) is 0 Å². The highest BCUT2D eigenvalue weighted by atomic mass is 19.1. The van der Waals surface area contributed by atoms with Crippen molar-refractivity contribution in [2.24, 2.45) is 0 Å². The summed E-state index contributed by atoms with van der Waals surface area (Å²) >= 11 is 0. The number of hydrogen-bond donors (Lipinski definition) is 0. The number of tetrazole rings is 1. The highest BCUT2D eigenvalue weighted by Crippen LogP contribution is 2.14. The fourth-order valence-electron chi connectivity index (χ4n) is 3.82. The summed E-state index contributed by atoms with van der Waals surface area (Å²) in [5.74, 6) is 0.572. The topological polar surface area (TPSA) is 67.2 Å². The Morgan fingerprint density at radius 2 is 1.77 bits per heavy atom. The van der Waals surface area contributed by atoms with Gasteiger partial charge in [-0.2, -0.15) is 4.80 Å². The molecule has 1 fully saturated rings. The van der Waals surface area contributed by atoms with Gasteiger partial charge in [-0.3, -0.25) is 9.69 Å². The molecule has 1 amide bonds. The third-order valence-corrected chi connectivity index (χ3v) is 5.53. The molecule has 1 aromatic heterocycles. The van der Waals surface area contributed by atoms with E-state index in [1.165, 1.54) is 6.07 Å². The van der Waals surface area contributed by atoms with Crippen LogP contribution in [0.1, 0.15) is 24.8 Å². The third-order valence-electron chi connectivity index (χ3n) is 5.53. The Morgan fingerprint density at radius 3 is 2.61 bits per heavy atom. The molecule has 0 spiro atoms. The largest absolute Gasteiger partial charge is 0.341 e. The second kappa shape index (κ2) is 10.3. The van der Waals surface area contributed by atoms with Crippen LogP contribution in [0.3, 0.4) is 0 Å². The van der Waals surface area contributed by atoms with Crippen molar-refractivity contribution in [2.45, 2.75) is 32.4 Å². The number of halogens is 1. The fourth-order valence-corrected chi connectivity index (χ4v) is 3.82. The molecule has 162 valence electrons. The van der Waals surface area contributed by atoms with E-state index in [-0.39, 0.29) is 11.7 Å². The molecular formula is C23H27FN6O. The Bertz CT molecular complexity index is 992. The van der Waals surface area contributed by atoms with E-state index in [0.717, 1.165) is 31.6 Å². The number of benzene rings is 2. The van der Waals surface area contributed by atoms with Crippen LogP contribution < -0.4 is 0 Å². The summed E-state index contributed by atoms with van der Waals surface area (Å²) in [7, 11) is 0. The molecule has 1 aliphatic heterocycles. The van der Waals surface area contributed by atoms with Gasteiger partial charge in [-0.25, -0.2) is 4.39 Å². The van der Waals surface area contributed by atoms with Crippen LogP contribution in [-0.4, -0.2) is 62.1 Å². The number of amides is 1. The van der Waals surface area contributed by atoms with Crippen molar-refractivity contribution in [1.29, 1.82) is 0 Å². The average molecular weight is 423 g/mol. The van der Waals surface area contributed by atoms with Crippen molar-refractivity contribution in [3.05, 3.63) is 66.0 Å². The molecule has 0 unspecified atom stereocenters. The predicted octanol–water partition coefficient (Wildman–Crippen LogP) is 2.99. The fraction of sp³-hybridized carbons (Fsp3) is 0.391. The molecule has 2 heterocycles. The van der Waals surface area contributed by atoms with Crippen LogP contribution in [-0.2, 0) is 17.9 Å². The van der Waals surface area contributed by atoms with Gasteiger partial charge in [0, 0.05) is 50.3 Å². The summed E-state index contributed by atoms with van der Waals surface area (Å²) in [6, 6.07) is 16.6. The molecule has 1 saturated heterocycles. The highest BCUT2D eigenvalue weighted by molar-refractivity contribution is 5.76. The maximum atomic E-state index is 13.9. The number of nitrogens with zero attached hydrogens (tertiary/aromatic N) is 6. The first-order valence-electron chi connectivity index (χ1n) is 10.8. The van der Waals surface area contributed by atoms with E-state index in [2.05, 4.69) is 20.3 Å². The number of carbonyl (C=O) groups is 1. The van der Waals surface area contributed by atoms with Gasteiger partial charge < -0.3 is 4.90 Å². The number of aryl methyl sites for hydroxylation is 1. The van der Waals surface area contributed by atoms with Gasteiger partial charge in [0.25, 0.3) is 0 Å². The molecule has 2 aromatic carbocycles. The maximum absolute atomic E-state index is 13.9. The maximum Gasteiger partial charge on any atom is 0.222 e. The second-order valence-electron chi connectivity index (χ2n) is 7.78. The molecule has 0 saturated carbocycles. The molecule has 0 aliphatic carbocycles. The minimum atomic E-state index is -0.170. The molecule has 0 N–H and O–H groups in total. The Balaban J connectivity index is 1.22. The Labute approximate surface area is 181 Å². The van der Waals surface area contributed by atoms with Crippen molar-refractivity contribution < 1.29 is 9.18 Å². The summed E-state index contributed by atoms with van der Waals surface area (Å²) in [6.07, 6.45) is 2.01. The lowest BCUT2D eigenvalue weighted by Crippen LogP contribution is -2.35. The summed E-state index contributed by atoms with van der Waals surface area (Å²) in [4.78, 5) is 18.4. The lowest BCUT2D eigenvalue weighted by molar-refractivity contribution is -0.131. The molecule has 8 heteroatoms. The molecule has 4 rings (SSSR count). The summed E-state index contributed by atoms with van der Waals surface area (Å²) in [5.41, 5.74) is 1.63. The van der Waals surface area contributed by atoms with Crippen molar-refractivity contribution in [2.75, 3.05) is 26.2 Å². The smallest absolute Gasteiger partial charge is 0.222 e. The lowest BCUT2D eigenvalue weighted by atomic mass is 10.2. The molecule has 1 aliphatic rings. The van der Waals surface area contributed by atoms with Crippen LogP contribution in [0.2, 0.25) is 0 Å². The van der Waals surface area contributed by atoms with Crippen LogP contribution in [0, 0.1) is 5.82 Å². The normalized spacial score (nSPS) is 15.1. The third kappa shape index (κ3) is 5.73. The Morgan fingerprint density at radius 1 is 0.968 bits per heavy atom. The van der Waals surface area contributed by atoms with Gasteiger partial charge in [0.1, 0.15) is 5.82 Å². The first-order chi connectivity index (χ1) is 15.2. The molecule has 0 radical (unpaired) electrons. The quantitative estimate of drug-likeness (QED) is 0.586. The van der Waals surface area contributed by atoms with Gasteiger partial charge in [-0.15, -0.1) is 10.2 Å². The van der Waals surface area contributed by atoms with Gasteiger partial charge >= 0.3 is 0 Å². The first kappa shape index (κ1) is 21.1. The van der Waals surface area contributed by atoms with E-state index in [9.17, 15) is 9.18 Å². The highest BCUT2D eigenvalue weighted by Gasteiger charge is 2.19. The predicted molar refractivity (Wildman–Crippen MR) is 115 cm³/mol. The van der Waals surface area contributed by atoms with Crippen LogP contribution >= 0.6 is 0 Å². The van der Waals surface area contributed by atoms with Crippen molar-refractivity contribution >= 4 is 5.91 Å². The number of aromatic nitrogens is 4. The zero-order valence-corrected chi connectivity index (χ0v) is 17.5. The van der Waals surface area contributed by atoms with E-state index in [1.54, 1.807) is 10.9 Å². The van der Waals surface area contributed by atoms with E-state index in [0.29, 0.717) is 43.9 Å². The number of carbonyl (C=O) groups excluding carboxylic acids is 1. The summed E-state index contributed by atoms with van der Waals surface area (Å²) < 4.78 is 13.9. The summed E-state index contributed by atoms with van der Waals surface area (Å²) in [5, 5.41) is 12.6. The first-order valence-corrected chi connectivity index (χ1v) is 10.8. The molecule has 7 nitrogen and oxygen atoms in total. The van der Waals surface area contributed by atoms with E-state index < -0.39 is 0 Å². The van der Waals surface area contributed by atoms with Crippen LogP contribution in [0.15, 0.2) is 54.6 Å². The van der Waals surface area contributed by atoms with E-state index in [4.69, 9.17) is 0 Å². The molecule has 0 atom stereocenters. The molecule has 0 bridgehead atoms. The minimum Gasteiger partial charge on any atom is -0.341 e. The standard InChI is InChI=1S/C23H27FN6O/c24-21-11-5-4-10-20(21)18-28-13-7-14-29(17-16-28)22(31)12-6-15-30-26-23(25-27-30)19-8-2-1-3-9-19/h1-5,8-11H,6-7,12-18H2. The molecule has 31 heavy (non-hydrogen) atoms. The Hall–Kier alpha value is -3.13. The van der Waals surface area contributed by atoms with Crippen molar-refractivity contribution in [3.8, 4) is 11.4 Å². The van der Waals surface area contributed by atoms with Crippen LogP contribution in [0.4, 0.5) is 4.39 Å². The zero-order valence-electron chi connectivity index (χ0n) is 17.5. The lowest BCUT2D eigenvalue weighted by Gasteiger charge is -2.22. The minimum absolute atomic E-state index is 0.149. The van der Waals surface area contributed by atoms with Crippen LogP contribution in [0.5, 0.6) is 0 Å². The Kier molecular flexibility index (Phi) is 6.99. The van der Waals surface area contributed by atoms with Gasteiger partial charge in [0.05, 0.1) is 6.54 Å². The van der Waals surface area contributed by atoms with E-state index >= 15 is 0 Å². The van der Waals surface area contributed by atoms with Crippen molar-refractivity contribution in [3.63, 3.8) is 0 Å². The molecule has 3 aromatic rings. The average Bonchev–Trinajstić information content (AvgIpc) is 3.14. The SMILES string of the molecule is O=C(CCCn1nnc(-c2ccccc2)n1)N1CCCN(Cc2ccccc2F)CC1. The zero-order chi connectivity index (χ0) is 21.5. The van der Waals surface area contributed by atoms with E-state index in [1.807, 2.05) is 47.4 Å². The number of rotatable bonds is 7. The van der Waals surface area contributed by atoms with Crippen molar-refractivity contribution in [1.82, 2.24) is 30.0 Å². The van der Waals surface area contributed by atoms with Crippen LogP contribution in [0.25, 0.3) is 11.4 Å². The molecular weight excluding hydrogens is 395 g/mol. The summed E-state index contributed by atoms with van der Waals surface area (Å²) in [6.45, 7) is 4.17.